The molecule has 0 radical (unpaired) electrons. The Labute approximate surface area is 263 Å². The summed E-state index contributed by atoms with van der Waals surface area (Å²) in [7, 11) is 1.54. The number of anilines is 2. The van der Waals surface area contributed by atoms with E-state index < -0.39 is 18.1 Å². The van der Waals surface area contributed by atoms with Crippen molar-refractivity contribution in [2.45, 2.75) is 38.7 Å². The maximum atomic E-state index is 15.0. The van der Waals surface area contributed by atoms with Crippen LogP contribution in [0.1, 0.15) is 36.8 Å². The number of benzene rings is 2. The molecule has 1 aliphatic rings. The number of nitrogens with zero attached hydrogens (tertiary/aromatic N) is 6. The van der Waals surface area contributed by atoms with Crippen molar-refractivity contribution in [2.24, 2.45) is 0 Å². The molecule has 0 bridgehead atoms. The minimum atomic E-state index is -2.38. The summed E-state index contributed by atoms with van der Waals surface area (Å²) in [5.41, 5.74) is 2.40. The van der Waals surface area contributed by atoms with E-state index in [-0.39, 0.29) is 36.9 Å². The third kappa shape index (κ3) is 6.59. The second-order valence-corrected chi connectivity index (χ2v) is 11.0. The molecular weight excluding hydrogens is 602 g/mol. The molecule has 2 aromatic carbocycles. The second kappa shape index (κ2) is 13.7. The molecule has 0 aliphatic carbocycles. The van der Waals surface area contributed by atoms with Crippen LogP contribution in [-0.4, -0.2) is 69.4 Å². The molecule has 1 saturated heterocycles. The molecule has 240 valence electrons. The van der Waals surface area contributed by atoms with Crippen molar-refractivity contribution in [2.75, 3.05) is 38.7 Å². The number of para-hydroxylation sites is 1. The third-order valence-corrected chi connectivity index (χ3v) is 8.10. The number of pyridine rings is 1. The Bertz CT molecular complexity index is 1800. The van der Waals surface area contributed by atoms with Crippen LogP contribution in [0.4, 0.5) is 29.1 Å². The molecule has 9 nitrogen and oxygen atoms in total. The number of alkyl halides is 2. The van der Waals surface area contributed by atoms with Gasteiger partial charge in [0, 0.05) is 41.0 Å². The van der Waals surface area contributed by atoms with Crippen LogP contribution in [0.3, 0.4) is 0 Å². The Kier molecular flexibility index (Phi) is 9.29. The van der Waals surface area contributed by atoms with E-state index in [9.17, 15) is 8.78 Å². The van der Waals surface area contributed by atoms with Crippen molar-refractivity contribution >= 4 is 22.4 Å². The minimum Gasteiger partial charge on any atom is -0.494 e. The molecule has 0 unspecified atom stereocenters. The normalized spacial score (nSPS) is 14.2. The fourth-order valence-electron chi connectivity index (χ4n) is 5.84. The van der Waals surface area contributed by atoms with Crippen LogP contribution in [0, 0.1) is 11.6 Å². The van der Waals surface area contributed by atoms with Gasteiger partial charge in [-0.25, -0.2) is 27.5 Å². The van der Waals surface area contributed by atoms with Gasteiger partial charge in [-0.1, -0.05) is 18.2 Å². The number of aromatic nitrogens is 5. The zero-order valence-corrected chi connectivity index (χ0v) is 25.4. The van der Waals surface area contributed by atoms with Crippen molar-refractivity contribution in [1.82, 2.24) is 29.6 Å². The average Bonchev–Trinajstić information content (AvgIpc) is 3.42. The number of piperidine rings is 1. The summed E-state index contributed by atoms with van der Waals surface area (Å²) in [4.78, 5) is 15.5. The van der Waals surface area contributed by atoms with E-state index in [0.29, 0.717) is 65.6 Å². The highest BCUT2D eigenvalue weighted by Gasteiger charge is 2.27. The number of methoxy groups -OCH3 is 1. The van der Waals surface area contributed by atoms with Crippen LogP contribution >= 0.6 is 0 Å². The smallest absolute Gasteiger partial charge is 0.251 e. The van der Waals surface area contributed by atoms with E-state index >= 15 is 8.78 Å². The van der Waals surface area contributed by atoms with E-state index in [1.165, 1.54) is 16.8 Å². The molecule has 0 saturated carbocycles. The molecule has 5 aromatic rings. The standard InChI is InChI=1S/C33H33F4N7O2/c1-3-46-21-14-25(34)24(26(35)15-21)18-44-28-7-5-4-6-22(28)31(42-44)33-39-16-23(20-9-12-43(13-10-20)19-30(36)37)32(41-33)40-27-8-11-38-17-29(27)45-2/h4-8,11,14-17,20,30H,3,9-10,12-13,18-19H2,1-2H3,(H,38,39,40,41). The number of halogens is 4. The van der Waals surface area contributed by atoms with Crippen molar-refractivity contribution in [3.05, 3.63) is 83.8 Å². The van der Waals surface area contributed by atoms with E-state index in [2.05, 4.69) is 10.3 Å². The number of ether oxygens (including phenoxy) is 2. The van der Waals surface area contributed by atoms with Crippen molar-refractivity contribution in [3.8, 4) is 23.0 Å². The van der Waals surface area contributed by atoms with Gasteiger partial charge in [0.25, 0.3) is 6.43 Å². The summed E-state index contributed by atoms with van der Waals surface area (Å²) in [6.45, 7) is 2.67. The van der Waals surface area contributed by atoms with Crippen molar-refractivity contribution in [1.29, 1.82) is 0 Å². The van der Waals surface area contributed by atoms with Gasteiger partial charge in [0.2, 0.25) is 0 Å². The zero-order chi connectivity index (χ0) is 32.2. The first-order valence-corrected chi connectivity index (χ1v) is 15.0. The van der Waals surface area contributed by atoms with E-state index in [1.54, 1.807) is 43.6 Å². The lowest BCUT2D eigenvalue weighted by molar-refractivity contribution is 0.0754. The predicted octanol–water partition coefficient (Wildman–Crippen LogP) is 6.81. The summed E-state index contributed by atoms with van der Waals surface area (Å²) in [6.07, 6.45) is 3.90. The first-order chi connectivity index (χ1) is 22.3. The average molecular weight is 636 g/mol. The lowest BCUT2D eigenvalue weighted by atomic mass is 9.90. The lowest BCUT2D eigenvalue weighted by Crippen LogP contribution is -2.36. The highest BCUT2D eigenvalue weighted by Crippen LogP contribution is 2.37. The Hall–Kier alpha value is -4.78. The first-order valence-electron chi connectivity index (χ1n) is 15.0. The summed E-state index contributed by atoms with van der Waals surface area (Å²) in [6, 6.07) is 11.4. The Morgan fingerprint density at radius 3 is 2.52 bits per heavy atom. The summed E-state index contributed by atoms with van der Waals surface area (Å²) in [5.74, 6) is 0.00481. The molecule has 1 N–H and O–H groups in total. The highest BCUT2D eigenvalue weighted by molar-refractivity contribution is 5.92. The SMILES string of the molecule is CCOc1cc(F)c(Cn2nc(-c3ncc(C4CCN(CC(F)F)CC4)c(Nc4ccncc4OC)n3)c3ccccc32)c(F)c1. The maximum Gasteiger partial charge on any atom is 0.251 e. The summed E-state index contributed by atoms with van der Waals surface area (Å²) in [5, 5.41) is 8.82. The molecule has 13 heteroatoms. The number of nitrogens with one attached hydrogen (secondary N) is 1. The summed E-state index contributed by atoms with van der Waals surface area (Å²) >= 11 is 0. The number of hydrogen-bond donors (Lipinski definition) is 1. The second-order valence-electron chi connectivity index (χ2n) is 11.0. The molecule has 3 aromatic heterocycles. The molecule has 1 fully saturated rings. The van der Waals surface area contributed by atoms with Gasteiger partial charge in [-0.05, 0) is 50.9 Å². The summed E-state index contributed by atoms with van der Waals surface area (Å²) < 4.78 is 68.4. The molecule has 0 amide bonds. The van der Waals surface area contributed by atoms with Gasteiger partial charge in [0.05, 0.1) is 44.2 Å². The molecule has 46 heavy (non-hydrogen) atoms. The number of hydrogen-bond acceptors (Lipinski definition) is 8. The minimum absolute atomic E-state index is 0.0261. The topological polar surface area (TPSA) is 90.2 Å². The van der Waals surface area contributed by atoms with Crippen LogP contribution in [0.5, 0.6) is 11.5 Å². The van der Waals surface area contributed by atoms with E-state index in [1.807, 2.05) is 24.3 Å². The first kappa shape index (κ1) is 31.2. The molecule has 1 aliphatic heterocycles. The molecular formula is C33H33F4N7O2. The number of fused-ring (bicyclic) bond motifs is 1. The monoisotopic (exact) mass is 635 g/mol. The van der Waals surface area contributed by atoms with Crippen molar-refractivity contribution in [3.63, 3.8) is 0 Å². The molecule has 0 spiro atoms. The van der Waals surface area contributed by atoms with Crippen LogP contribution in [0.2, 0.25) is 0 Å². The predicted molar refractivity (Wildman–Crippen MR) is 166 cm³/mol. The van der Waals surface area contributed by atoms with Gasteiger partial charge in [-0.3, -0.25) is 14.6 Å². The van der Waals surface area contributed by atoms with Gasteiger partial charge in [-0.2, -0.15) is 5.10 Å². The fourth-order valence-corrected chi connectivity index (χ4v) is 5.84. The third-order valence-electron chi connectivity index (χ3n) is 8.10. The Morgan fingerprint density at radius 1 is 1.04 bits per heavy atom. The Balaban J connectivity index is 1.39. The fraction of sp³-hybridized carbons (Fsp3) is 0.333. The molecule has 4 heterocycles. The van der Waals surface area contributed by atoms with Gasteiger partial charge < -0.3 is 14.8 Å². The maximum absolute atomic E-state index is 15.0. The largest absolute Gasteiger partial charge is 0.494 e. The lowest BCUT2D eigenvalue weighted by Gasteiger charge is -2.32. The van der Waals surface area contributed by atoms with Gasteiger partial charge >= 0.3 is 0 Å². The van der Waals surface area contributed by atoms with Gasteiger partial charge in [-0.15, -0.1) is 0 Å². The Morgan fingerprint density at radius 2 is 1.80 bits per heavy atom. The molecule has 6 rings (SSSR count). The van der Waals surface area contributed by atoms with Gasteiger partial charge in [0.1, 0.15) is 28.9 Å². The quantitative estimate of drug-likeness (QED) is 0.158. The number of likely N-dealkylation sites (tertiary alicyclic amines) is 1. The molecule has 0 atom stereocenters. The van der Waals surface area contributed by atoms with Crippen LogP contribution in [0.25, 0.3) is 22.4 Å². The van der Waals surface area contributed by atoms with Crippen LogP contribution in [0.15, 0.2) is 61.1 Å². The van der Waals surface area contributed by atoms with E-state index in [4.69, 9.17) is 24.5 Å². The van der Waals surface area contributed by atoms with Crippen molar-refractivity contribution < 1.29 is 27.0 Å². The van der Waals surface area contributed by atoms with Crippen LogP contribution in [-0.2, 0) is 6.54 Å². The number of rotatable bonds is 11. The van der Waals surface area contributed by atoms with Crippen LogP contribution < -0.4 is 14.8 Å². The highest BCUT2D eigenvalue weighted by atomic mass is 19.3. The van der Waals surface area contributed by atoms with Gasteiger partial charge in [0.15, 0.2) is 11.6 Å². The van der Waals surface area contributed by atoms with E-state index in [0.717, 1.165) is 5.56 Å². The zero-order valence-electron chi connectivity index (χ0n) is 25.4.